The van der Waals surface area contributed by atoms with Gasteiger partial charge in [-0.05, 0) is 72.5 Å². The van der Waals surface area contributed by atoms with Crippen LogP contribution in [0.4, 0.5) is 0 Å². The fourth-order valence-electron chi connectivity index (χ4n) is 5.34. The number of carbonyl (C=O) groups is 2. The predicted octanol–water partition coefficient (Wildman–Crippen LogP) is 5.58. The van der Waals surface area contributed by atoms with Gasteiger partial charge in [-0.1, -0.05) is 84.9 Å². The van der Waals surface area contributed by atoms with Crippen molar-refractivity contribution in [2.75, 3.05) is 52.4 Å². The zero-order valence-electron chi connectivity index (χ0n) is 24.2. The monoisotopic (exact) mass is 560 g/mol. The van der Waals surface area contributed by atoms with Crippen molar-refractivity contribution in [1.29, 1.82) is 0 Å². The van der Waals surface area contributed by atoms with E-state index in [1.54, 1.807) is 0 Å². The number of hydrogen-bond donors (Lipinski definition) is 2. The molecule has 1 heterocycles. The van der Waals surface area contributed by atoms with Gasteiger partial charge in [0, 0.05) is 50.4 Å². The molecule has 6 nitrogen and oxygen atoms in total. The van der Waals surface area contributed by atoms with Gasteiger partial charge in [-0.15, -0.1) is 0 Å². The molecule has 4 aromatic carbocycles. The molecule has 0 radical (unpaired) electrons. The summed E-state index contributed by atoms with van der Waals surface area (Å²) in [6, 6.07) is 36.0. The minimum absolute atomic E-state index is 0.0179. The average Bonchev–Trinajstić information content (AvgIpc) is 3.06. The molecule has 216 valence electrons. The molecule has 1 fully saturated rings. The molecule has 4 aromatic rings. The van der Waals surface area contributed by atoms with Crippen LogP contribution in [0.15, 0.2) is 109 Å². The number of amides is 2. The number of benzene rings is 4. The van der Waals surface area contributed by atoms with Crippen LogP contribution in [0.5, 0.6) is 0 Å². The number of piperazine rings is 1. The molecular formula is C36H40N4O2. The Morgan fingerprint density at radius 1 is 0.476 bits per heavy atom. The van der Waals surface area contributed by atoms with Crippen molar-refractivity contribution < 1.29 is 9.59 Å². The third kappa shape index (κ3) is 8.38. The van der Waals surface area contributed by atoms with E-state index in [4.69, 9.17) is 0 Å². The maximum absolute atomic E-state index is 12.5. The number of carbonyl (C=O) groups excluding carboxylic acids is 2. The van der Waals surface area contributed by atoms with Gasteiger partial charge in [0.05, 0.1) is 0 Å². The summed E-state index contributed by atoms with van der Waals surface area (Å²) in [6.07, 6.45) is 1.87. The highest BCUT2D eigenvalue weighted by Gasteiger charge is 2.16. The molecule has 1 saturated heterocycles. The Hall–Kier alpha value is -4.26. The molecule has 0 bridgehead atoms. The number of rotatable bonds is 12. The second-order valence-electron chi connectivity index (χ2n) is 10.8. The van der Waals surface area contributed by atoms with Crippen molar-refractivity contribution in [1.82, 2.24) is 20.4 Å². The molecule has 1 aliphatic rings. The van der Waals surface area contributed by atoms with Gasteiger partial charge in [0.2, 0.25) is 0 Å². The summed E-state index contributed by atoms with van der Waals surface area (Å²) < 4.78 is 0. The average molecular weight is 561 g/mol. The van der Waals surface area contributed by atoms with Gasteiger partial charge in [-0.2, -0.15) is 0 Å². The van der Waals surface area contributed by atoms with Crippen LogP contribution in [0.25, 0.3) is 22.3 Å². The zero-order valence-corrected chi connectivity index (χ0v) is 24.2. The maximum atomic E-state index is 12.5. The lowest BCUT2D eigenvalue weighted by Crippen LogP contribution is -2.47. The molecule has 42 heavy (non-hydrogen) atoms. The largest absolute Gasteiger partial charge is 0.352 e. The van der Waals surface area contributed by atoms with E-state index < -0.39 is 0 Å². The summed E-state index contributed by atoms with van der Waals surface area (Å²) in [4.78, 5) is 30.0. The van der Waals surface area contributed by atoms with Crippen LogP contribution in [0.3, 0.4) is 0 Å². The van der Waals surface area contributed by atoms with E-state index >= 15 is 0 Å². The molecule has 0 saturated carbocycles. The first kappa shape index (κ1) is 29.2. The van der Waals surface area contributed by atoms with E-state index in [2.05, 4.69) is 44.7 Å². The molecule has 0 aliphatic carbocycles. The summed E-state index contributed by atoms with van der Waals surface area (Å²) in [6.45, 7) is 7.47. The molecule has 5 rings (SSSR count). The molecular weight excluding hydrogens is 520 g/mol. The summed E-state index contributed by atoms with van der Waals surface area (Å²) in [5, 5.41) is 6.12. The highest BCUT2D eigenvalue weighted by atomic mass is 16.2. The molecule has 0 aromatic heterocycles. The number of hydrogen-bond acceptors (Lipinski definition) is 4. The van der Waals surface area contributed by atoms with E-state index in [1.807, 2.05) is 84.9 Å². The van der Waals surface area contributed by atoms with Gasteiger partial charge >= 0.3 is 0 Å². The summed E-state index contributed by atoms with van der Waals surface area (Å²) in [5.74, 6) is -0.0357. The van der Waals surface area contributed by atoms with Gasteiger partial charge in [0.1, 0.15) is 0 Å². The topological polar surface area (TPSA) is 64.7 Å². The Morgan fingerprint density at radius 2 is 0.810 bits per heavy atom. The van der Waals surface area contributed by atoms with Gasteiger partial charge < -0.3 is 20.4 Å². The van der Waals surface area contributed by atoms with Crippen LogP contribution in [0.2, 0.25) is 0 Å². The highest BCUT2D eigenvalue weighted by Crippen LogP contribution is 2.20. The predicted molar refractivity (Wildman–Crippen MR) is 171 cm³/mol. The van der Waals surface area contributed by atoms with Crippen LogP contribution in [-0.2, 0) is 0 Å². The van der Waals surface area contributed by atoms with E-state index in [0.29, 0.717) is 24.2 Å². The van der Waals surface area contributed by atoms with Crippen molar-refractivity contribution in [3.63, 3.8) is 0 Å². The van der Waals surface area contributed by atoms with E-state index in [9.17, 15) is 9.59 Å². The number of nitrogens with zero attached hydrogens (tertiary/aromatic N) is 2. The minimum atomic E-state index is -0.0179. The summed E-state index contributed by atoms with van der Waals surface area (Å²) >= 11 is 0. The summed E-state index contributed by atoms with van der Waals surface area (Å²) in [7, 11) is 0. The lowest BCUT2D eigenvalue weighted by Gasteiger charge is -2.34. The number of nitrogens with one attached hydrogen (secondary N) is 2. The Kier molecular flexibility index (Phi) is 10.5. The molecule has 0 unspecified atom stereocenters. The van der Waals surface area contributed by atoms with E-state index in [0.717, 1.165) is 74.4 Å². The normalized spacial score (nSPS) is 13.9. The Balaban J connectivity index is 0.920. The van der Waals surface area contributed by atoms with Crippen molar-refractivity contribution in [2.24, 2.45) is 0 Å². The highest BCUT2D eigenvalue weighted by molar-refractivity contribution is 5.95. The lowest BCUT2D eigenvalue weighted by atomic mass is 10.0. The maximum Gasteiger partial charge on any atom is 0.251 e. The smallest absolute Gasteiger partial charge is 0.251 e. The van der Waals surface area contributed by atoms with Crippen LogP contribution >= 0.6 is 0 Å². The van der Waals surface area contributed by atoms with E-state index in [-0.39, 0.29) is 11.8 Å². The Labute approximate surface area is 249 Å². The van der Waals surface area contributed by atoms with Crippen molar-refractivity contribution >= 4 is 11.8 Å². The molecule has 0 atom stereocenters. The van der Waals surface area contributed by atoms with Gasteiger partial charge in [0.25, 0.3) is 11.8 Å². The standard InChI is InChI=1S/C36H40N4O2/c41-35(33-17-13-31(14-18-33)29-9-3-1-4-10-29)37-21-7-23-39-25-27-40(28-26-39)24-8-22-38-36(42)34-19-15-32(16-20-34)30-11-5-2-6-12-30/h1-6,9-20H,7-8,21-28H2,(H,37,41)(H,38,42). The quantitative estimate of drug-likeness (QED) is 0.222. The first-order valence-corrected chi connectivity index (χ1v) is 15.0. The van der Waals surface area contributed by atoms with Crippen LogP contribution in [-0.4, -0.2) is 74.0 Å². The van der Waals surface area contributed by atoms with Crippen LogP contribution < -0.4 is 10.6 Å². The molecule has 0 spiro atoms. The van der Waals surface area contributed by atoms with Crippen LogP contribution in [0.1, 0.15) is 33.6 Å². The first-order chi connectivity index (χ1) is 20.7. The van der Waals surface area contributed by atoms with Crippen molar-refractivity contribution in [2.45, 2.75) is 12.8 Å². The minimum Gasteiger partial charge on any atom is -0.352 e. The first-order valence-electron chi connectivity index (χ1n) is 15.0. The fourth-order valence-corrected chi connectivity index (χ4v) is 5.34. The zero-order chi connectivity index (χ0) is 29.0. The third-order valence-corrected chi connectivity index (χ3v) is 7.85. The van der Waals surface area contributed by atoms with Gasteiger partial charge in [-0.3, -0.25) is 9.59 Å². The van der Waals surface area contributed by atoms with Crippen molar-refractivity contribution in [3.8, 4) is 22.3 Å². The molecule has 2 amide bonds. The van der Waals surface area contributed by atoms with Gasteiger partial charge in [0.15, 0.2) is 0 Å². The van der Waals surface area contributed by atoms with Crippen molar-refractivity contribution in [3.05, 3.63) is 120 Å². The SMILES string of the molecule is O=C(NCCCN1CCN(CCCNC(=O)c2ccc(-c3ccccc3)cc2)CC1)c1ccc(-c2ccccc2)cc1. The van der Waals surface area contributed by atoms with E-state index in [1.165, 1.54) is 0 Å². The molecule has 6 heteroatoms. The second-order valence-corrected chi connectivity index (χ2v) is 10.8. The third-order valence-electron chi connectivity index (χ3n) is 7.85. The molecule has 2 N–H and O–H groups in total. The van der Waals surface area contributed by atoms with Crippen LogP contribution in [0, 0.1) is 0 Å². The Bertz CT molecular complexity index is 1290. The summed E-state index contributed by atoms with van der Waals surface area (Å²) in [5.41, 5.74) is 5.91. The fraction of sp³-hybridized carbons (Fsp3) is 0.278. The second kappa shape index (κ2) is 15.1. The van der Waals surface area contributed by atoms with Gasteiger partial charge in [-0.25, -0.2) is 0 Å². The Morgan fingerprint density at radius 3 is 1.17 bits per heavy atom. The lowest BCUT2D eigenvalue weighted by molar-refractivity contribution is 0.0935. The molecule has 1 aliphatic heterocycles.